The van der Waals surface area contributed by atoms with Crippen molar-refractivity contribution in [3.63, 3.8) is 0 Å². The van der Waals surface area contributed by atoms with E-state index in [0.29, 0.717) is 17.0 Å². The van der Waals surface area contributed by atoms with Crippen molar-refractivity contribution in [1.82, 2.24) is 4.98 Å². The first-order valence-electron chi connectivity index (χ1n) is 13.5. The average molecular weight is 482 g/mol. The van der Waals surface area contributed by atoms with E-state index in [0.717, 1.165) is 47.2 Å². The van der Waals surface area contributed by atoms with Gasteiger partial charge in [0, 0.05) is 0 Å². The Kier molecular flexibility index (Phi) is 7.40. The summed E-state index contributed by atoms with van der Waals surface area (Å²) in [6.07, 6.45) is 12.6. The number of alkyl halides is 2. The van der Waals surface area contributed by atoms with Gasteiger partial charge in [-0.2, -0.15) is 8.78 Å². The largest absolute Gasteiger partial charge is 0.436 e. The van der Waals surface area contributed by atoms with Gasteiger partial charge in [0.1, 0.15) is 11.3 Å². The van der Waals surface area contributed by atoms with Gasteiger partial charge in [0.05, 0.1) is 5.56 Å². The molecule has 188 valence electrons. The zero-order valence-electron chi connectivity index (χ0n) is 20.9. The number of aromatic nitrogens is 1. The van der Waals surface area contributed by atoms with Crippen LogP contribution in [0, 0.1) is 24.7 Å². The van der Waals surface area contributed by atoms with Crippen LogP contribution >= 0.6 is 0 Å². The molecule has 5 rings (SSSR count). The van der Waals surface area contributed by atoms with E-state index in [9.17, 15) is 8.78 Å². The molecule has 2 fully saturated rings. The topological polar surface area (TPSA) is 35.3 Å². The first-order valence-corrected chi connectivity index (χ1v) is 13.5. The first-order chi connectivity index (χ1) is 17.0. The molecule has 3 aromatic rings. The molecule has 5 heteroatoms. The number of hydrogen-bond acceptors (Lipinski definition) is 3. The van der Waals surface area contributed by atoms with Crippen LogP contribution in [0.3, 0.4) is 0 Å². The Hall–Kier alpha value is -2.43. The zero-order chi connectivity index (χ0) is 24.4. The number of para-hydroxylation sites is 1. The molecule has 0 atom stereocenters. The minimum absolute atomic E-state index is 0.225. The number of rotatable bonds is 7. The average Bonchev–Trinajstić information content (AvgIpc) is 3.28. The van der Waals surface area contributed by atoms with Gasteiger partial charge in [0.2, 0.25) is 5.89 Å². The van der Waals surface area contributed by atoms with Gasteiger partial charge in [-0.25, -0.2) is 4.98 Å². The third-order valence-electron chi connectivity index (χ3n) is 8.49. The molecule has 0 saturated heterocycles. The quantitative estimate of drug-likeness (QED) is 0.337. The van der Waals surface area contributed by atoms with Crippen LogP contribution in [-0.2, 0) is 0 Å². The highest BCUT2D eigenvalue weighted by atomic mass is 19.3. The van der Waals surface area contributed by atoms with E-state index in [2.05, 4.69) is 11.9 Å². The first kappa shape index (κ1) is 24.3. The highest BCUT2D eigenvalue weighted by Gasteiger charge is 2.33. The standard InChI is InChI=1S/C30H37F2NO2/c1-3-5-20-9-11-21(12-10-20)22-13-15-23(16-14-22)24-6-4-7-25(28(24)35-30(31)32)29-33-26-18-19(2)8-17-27(26)34-29/h4,6-8,17-18,20-23,30H,3,5,9-16H2,1-2H3. The van der Waals surface area contributed by atoms with Crippen molar-refractivity contribution in [2.45, 2.75) is 90.6 Å². The van der Waals surface area contributed by atoms with E-state index in [1.165, 1.54) is 51.4 Å². The van der Waals surface area contributed by atoms with E-state index in [1.807, 2.05) is 37.3 Å². The number of ether oxygens (including phenoxy) is 1. The highest BCUT2D eigenvalue weighted by molar-refractivity contribution is 5.78. The van der Waals surface area contributed by atoms with Crippen molar-refractivity contribution >= 4 is 11.1 Å². The summed E-state index contributed by atoms with van der Waals surface area (Å²) >= 11 is 0. The van der Waals surface area contributed by atoms with Crippen molar-refractivity contribution in [3.05, 3.63) is 47.5 Å². The minimum Gasteiger partial charge on any atom is -0.436 e. The van der Waals surface area contributed by atoms with E-state index < -0.39 is 6.61 Å². The van der Waals surface area contributed by atoms with Crippen LogP contribution in [0.25, 0.3) is 22.6 Å². The van der Waals surface area contributed by atoms with Crippen LogP contribution in [0.4, 0.5) is 8.78 Å². The smallest absolute Gasteiger partial charge is 0.387 e. The van der Waals surface area contributed by atoms with Crippen LogP contribution in [0.15, 0.2) is 40.8 Å². The molecular formula is C30H37F2NO2. The molecule has 2 saturated carbocycles. The fourth-order valence-corrected chi connectivity index (χ4v) is 6.68. The second-order valence-corrected chi connectivity index (χ2v) is 10.8. The Labute approximate surface area is 207 Å². The fraction of sp³-hybridized carbons (Fsp3) is 0.567. The molecule has 2 aromatic carbocycles. The van der Waals surface area contributed by atoms with Crippen molar-refractivity contribution in [3.8, 4) is 17.2 Å². The van der Waals surface area contributed by atoms with Crippen LogP contribution in [0.2, 0.25) is 0 Å². The molecule has 3 nitrogen and oxygen atoms in total. The van der Waals surface area contributed by atoms with Gasteiger partial charge in [0.15, 0.2) is 5.58 Å². The Morgan fingerprint density at radius 1 is 0.971 bits per heavy atom. The van der Waals surface area contributed by atoms with Gasteiger partial charge in [-0.3, -0.25) is 0 Å². The predicted molar refractivity (Wildman–Crippen MR) is 136 cm³/mol. The molecule has 0 radical (unpaired) electrons. The van der Waals surface area contributed by atoms with Crippen LogP contribution in [-0.4, -0.2) is 11.6 Å². The van der Waals surface area contributed by atoms with Gasteiger partial charge in [-0.05, 0) is 98.4 Å². The number of fused-ring (bicyclic) bond motifs is 1. The van der Waals surface area contributed by atoms with Gasteiger partial charge in [-0.1, -0.05) is 50.8 Å². The van der Waals surface area contributed by atoms with E-state index in [-0.39, 0.29) is 11.7 Å². The third-order valence-corrected chi connectivity index (χ3v) is 8.49. The SMILES string of the molecule is CCCC1CCC(C2CCC(c3cccc(-c4nc5cc(C)ccc5o4)c3OC(F)F)CC2)CC1. The molecule has 0 aliphatic heterocycles. The lowest BCUT2D eigenvalue weighted by Crippen LogP contribution is -2.25. The summed E-state index contributed by atoms with van der Waals surface area (Å²) in [5.41, 5.74) is 3.82. The van der Waals surface area contributed by atoms with Crippen molar-refractivity contribution < 1.29 is 17.9 Å². The molecule has 0 N–H and O–H groups in total. The number of hydrogen-bond donors (Lipinski definition) is 0. The lowest BCUT2D eigenvalue weighted by Gasteiger charge is -2.38. The van der Waals surface area contributed by atoms with E-state index >= 15 is 0 Å². The number of benzene rings is 2. The lowest BCUT2D eigenvalue weighted by atomic mass is 9.68. The minimum atomic E-state index is -2.89. The number of aryl methyl sites for hydroxylation is 1. The Bertz CT molecular complexity index is 1120. The summed E-state index contributed by atoms with van der Waals surface area (Å²) in [5.74, 6) is 3.34. The fourth-order valence-electron chi connectivity index (χ4n) is 6.68. The summed E-state index contributed by atoms with van der Waals surface area (Å²) in [4.78, 5) is 4.60. The predicted octanol–water partition coefficient (Wildman–Crippen LogP) is 9.28. The normalized spacial score (nSPS) is 25.3. The molecule has 0 unspecified atom stereocenters. The molecule has 0 spiro atoms. The van der Waals surface area contributed by atoms with E-state index in [1.54, 1.807) is 6.07 Å². The maximum Gasteiger partial charge on any atom is 0.387 e. The molecule has 2 aliphatic rings. The number of halogens is 2. The van der Waals surface area contributed by atoms with E-state index in [4.69, 9.17) is 9.15 Å². The second-order valence-electron chi connectivity index (χ2n) is 10.8. The van der Waals surface area contributed by atoms with Crippen molar-refractivity contribution in [2.75, 3.05) is 0 Å². The summed E-state index contributed by atoms with van der Waals surface area (Å²) in [5, 5.41) is 0. The Morgan fingerprint density at radius 3 is 2.37 bits per heavy atom. The molecule has 0 bridgehead atoms. The van der Waals surface area contributed by atoms with Crippen molar-refractivity contribution in [2.24, 2.45) is 17.8 Å². The second kappa shape index (κ2) is 10.7. The molecule has 1 aromatic heterocycles. The van der Waals surface area contributed by atoms with Gasteiger partial charge in [0.25, 0.3) is 0 Å². The summed E-state index contributed by atoms with van der Waals surface area (Å²) in [6.45, 7) is 1.39. The summed E-state index contributed by atoms with van der Waals surface area (Å²) < 4.78 is 38.2. The highest BCUT2D eigenvalue weighted by Crippen LogP contribution is 2.48. The number of nitrogens with zero attached hydrogens (tertiary/aromatic N) is 1. The zero-order valence-corrected chi connectivity index (χ0v) is 20.9. The molecular weight excluding hydrogens is 444 g/mol. The third kappa shape index (κ3) is 5.39. The molecule has 35 heavy (non-hydrogen) atoms. The van der Waals surface area contributed by atoms with Crippen LogP contribution in [0.5, 0.6) is 5.75 Å². The van der Waals surface area contributed by atoms with Gasteiger partial charge < -0.3 is 9.15 Å². The van der Waals surface area contributed by atoms with Gasteiger partial charge in [-0.15, -0.1) is 0 Å². The number of oxazole rings is 1. The summed E-state index contributed by atoms with van der Waals surface area (Å²) in [6, 6.07) is 11.4. The van der Waals surface area contributed by atoms with Crippen LogP contribution < -0.4 is 4.74 Å². The Balaban J connectivity index is 1.34. The van der Waals surface area contributed by atoms with Gasteiger partial charge >= 0.3 is 6.61 Å². The maximum absolute atomic E-state index is 13.5. The van der Waals surface area contributed by atoms with Crippen molar-refractivity contribution in [1.29, 1.82) is 0 Å². The molecule has 1 heterocycles. The van der Waals surface area contributed by atoms with Crippen LogP contribution in [0.1, 0.15) is 88.2 Å². The monoisotopic (exact) mass is 481 g/mol. The molecule has 0 amide bonds. The lowest BCUT2D eigenvalue weighted by molar-refractivity contribution is -0.0504. The Morgan fingerprint density at radius 2 is 1.69 bits per heavy atom. The maximum atomic E-state index is 13.5. The molecule has 2 aliphatic carbocycles. The summed E-state index contributed by atoms with van der Waals surface area (Å²) in [7, 11) is 0.